The SMILES string of the molecule is CCC1CN(C(=O)C(C)Cl)CCO1. The summed E-state index contributed by atoms with van der Waals surface area (Å²) in [6, 6.07) is 0. The molecular weight excluding hydrogens is 190 g/mol. The van der Waals surface area contributed by atoms with Crippen LogP contribution in [0.2, 0.25) is 0 Å². The highest BCUT2D eigenvalue weighted by Gasteiger charge is 2.25. The Morgan fingerprint density at radius 2 is 2.46 bits per heavy atom. The maximum Gasteiger partial charge on any atom is 0.240 e. The number of carbonyl (C=O) groups is 1. The van der Waals surface area contributed by atoms with E-state index in [1.54, 1.807) is 11.8 Å². The van der Waals surface area contributed by atoms with Crippen molar-refractivity contribution in [1.82, 2.24) is 4.90 Å². The smallest absolute Gasteiger partial charge is 0.240 e. The van der Waals surface area contributed by atoms with Gasteiger partial charge in [0.1, 0.15) is 5.38 Å². The molecule has 3 nitrogen and oxygen atoms in total. The Hall–Kier alpha value is -0.280. The van der Waals surface area contributed by atoms with Gasteiger partial charge in [-0.1, -0.05) is 6.92 Å². The summed E-state index contributed by atoms with van der Waals surface area (Å²) >= 11 is 5.72. The van der Waals surface area contributed by atoms with Crippen molar-refractivity contribution < 1.29 is 9.53 Å². The number of amides is 1. The zero-order chi connectivity index (χ0) is 9.84. The molecule has 1 rings (SSSR count). The summed E-state index contributed by atoms with van der Waals surface area (Å²) in [5.74, 6) is 0.0171. The van der Waals surface area contributed by atoms with Gasteiger partial charge < -0.3 is 9.64 Å². The molecule has 1 fully saturated rings. The minimum absolute atomic E-state index is 0.0171. The summed E-state index contributed by atoms with van der Waals surface area (Å²) in [5, 5.41) is -0.421. The second kappa shape index (κ2) is 4.82. The van der Waals surface area contributed by atoms with Gasteiger partial charge in [-0.25, -0.2) is 0 Å². The van der Waals surface area contributed by atoms with E-state index < -0.39 is 5.38 Å². The minimum atomic E-state index is -0.421. The quantitative estimate of drug-likeness (QED) is 0.636. The normalized spacial score (nSPS) is 25.8. The standard InChI is InChI=1S/C9H16ClNO2/c1-3-8-6-11(4-5-13-8)9(12)7(2)10/h7-8H,3-6H2,1-2H3. The number of halogens is 1. The predicted octanol–water partition coefficient (Wildman–Crippen LogP) is 1.25. The Labute approximate surface area is 84.0 Å². The van der Waals surface area contributed by atoms with Crippen LogP contribution in [0.4, 0.5) is 0 Å². The number of ether oxygens (including phenoxy) is 1. The van der Waals surface area contributed by atoms with Crippen LogP contribution in [-0.2, 0) is 9.53 Å². The van der Waals surface area contributed by atoms with Gasteiger partial charge in [-0.15, -0.1) is 11.6 Å². The summed E-state index contributed by atoms with van der Waals surface area (Å²) in [4.78, 5) is 13.3. The van der Waals surface area contributed by atoms with E-state index >= 15 is 0 Å². The molecule has 13 heavy (non-hydrogen) atoms. The van der Waals surface area contributed by atoms with Crippen LogP contribution in [-0.4, -0.2) is 42.0 Å². The number of hydrogen-bond acceptors (Lipinski definition) is 2. The lowest BCUT2D eigenvalue weighted by Gasteiger charge is -2.33. The number of alkyl halides is 1. The lowest BCUT2D eigenvalue weighted by atomic mass is 10.2. The molecule has 0 aromatic heterocycles. The van der Waals surface area contributed by atoms with Crippen molar-refractivity contribution in [1.29, 1.82) is 0 Å². The van der Waals surface area contributed by atoms with Crippen LogP contribution in [0.15, 0.2) is 0 Å². The number of carbonyl (C=O) groups excluding carboxylic acids is 1. The van der Waals surface area contributed by atoms with Crippen molar-refractivity contribution in [3.63, 3.8) is 0 Å². The molecular formula is C9H16ClNO2. The van der Waals surface area contributed by atoms with Gasteiger partial charge in [0, 0.05) is 13.1 Å². The van der Waals surface area contributed by atoms with Gasteiger partial charge in [0.15, 0.2) is 0 Å². The highest BCUT2D eigenvalue weighted by atomic mass is 35.5. The first kappa shape index (κ1) is 10.8. The number of morpholine rings is 1. The molecule has 2 atom stereocenters. The third kappa shape index (κ3) is 2.85. The van der Waals surface area contributed by atoms with Crippen molar-refractivity contribution in [3.05, 3.63) is 0 Å². The molecule has 1 saturated heterocycles. The molecule has 0 radical (unpaired) electrons. The fraction of sp³-hybridized carbons (Fsp3) is 0.889. The van der Waals surface area contributed by atoms with Gasteiger partial charge in [-0.3, -0.25) is 4.79 Å². The molecule has 1 heterocycles. The average Bonchev–Trinajstić information content (AvgIpc) is 2.16. The average molecular weight is 206 g/mol. The van der Waals surface area contributed by atoms with Crippen molar-refractivity contribution >= 4 is 17.5 Å². The third-order valence-corrected chi connectivity index (χ3v) is 2.43. The monoisotopic (exact) mass is 205 g/mol. The van der Waals surface area contributed by atoms with E-state index in [0.717, 1.165) is 6.42 Å². The highest BCUT2D eigenvalue weighted by Crippen LogP contribution is 2.11. The van der Waals surface area contributed by atoms with Gasteiger partial charge >= 0.3 is 0 Å². The molecule has 1 aliphatic rings. The van der Waals surface area contributed by atoms with Crippen LogP contribution >= 0.6 is 11.6 Å². The molecule has 0 spiro atoms. The summed E-state index contributed by atoms with van der Waals surface area (Å²) in [6.45, 7) is 5.76. The van der Waals surface area contributed by atoms with E-state index in [4.69, 9.17) is 16.3 Å². The van der Waals surface area contributed by atoms with Crippen LogP contribution in [0.5, 0.6) is 0 Å². The van der Waals surface area contributed by atoms with E-state index in [9.17, 15) is 4.79 Å². The van der Waals surface area contributed by atoms with Crippen LogP contribution in [0.3, 0.4) is 0 Å². The summed E-state index contributed by atoms with van der Waals surface area (Å²) < 4.78 is 5.45. The molecule has 76 valence electrons. The number of rotatable bonds is 2. The Kier molecular flexibility index (Phi) is 4.00. The molecule has 2 unspecified atom stereocenters. The second-order valence-electron chi connectivity index (χ2n) is 3.30. The first-order valence-electron chi connectivity index (χ1n) is 4.69. The van der Waals surface area contributed by atoms with Gasteiger partial charge in [-0.05, 0) is 13.3 Å². The van der Waals surface area contributed by atoms with Gasteiger partial charge in [0.25, 0.3) is 0 Å². The fourth-order valence-electron chi connectivity index (χ4n) is 1.42. The van der Waals surface area contributed by atoms with Crippen molar-refractivity contribution in [2.24, 2.45) is 0 Å². The summed E-state index contributed by atoms with van der Waals surface area (Å²) in [6.07, 6.45) is 1.13. The summed E-state index contributed by atoms with van der Waals surface area (Å²) in [5.41, 5.74) is 0. The van der Waals surface area contributed by atoms with E-state index in [1.807, 2.05) is 0 Å². The van der Waals surface area contributed by atoms with Crippen molar-refractivity contribution in [3.8, 4) is 0 Å². The topological polar surface area (TPSA) is 29.5 Å². The lowest BCUT2D eigenvalue weighted by molar-refractivity contribution is -0.138. The van der Waals surface area contributed by atoms with Crippen LogP contribution < -0.4 is 0 Å². The Morgan fingerprint density at radius 3 is 3.00 bits per heavy atom. The molecule has 1 amide bonds. The molecule has 1 aliphatic heterocycles. The molecule has 0 aromatic carbocycles. The van der Waals surface area contributed by atoms with Crippen LogP contribution in [0, 0.1) is 0 Å². The van der Waals surface area contributed by atoms with E-state index in [1.165, 1.54) is 0 Å². The molecule has 0 aliphatic carbocycles. The largest absolute Gasteiger partial charge is 0.375 e. The van der Waals surface area contributed by atoms with E-state index in [2.05, 4.69) is 6.92 Å². The van der Waals surface area contributed by atoms with Crippen LogP contribution in [0.1, 0.15) is 20.3 Å². The first-order valence-corrected chi connectivity index (χ1v) is 5.13. The predicted molar refractivity (Wildman–Crippen MR) is 51.9 cm³/mol. The second-order valence-corrected chi connectivity index (χ2v) is 3.96. The Morgan fingerprint density at radius 1 is 1.77 bits per heavy atom. The Bertz CT molecular complexity index is 184. The van der Waals surface area contributed by atoms with E-state index in [-0.39, 0.29) is 12.0 Å². The summed E-state index contributed by atoms with van der Waals surface area (Å²) in [7, 11) is 0. The zero-order valence-electron chi connectivity index (χ0n) is 8.12. The Balaban J connectivity index is 2.46. The van der Waals surface area contributed by atoms with Crippen LogP contribution in [0.25, 0.3) is 0 Å². The number of nitrogens with zero attached hydrogens (tertiary/aromatic N) is 1. The van der Waals surface area contributed by atoms with Crippen molar-refractivity contribution in [2.75, 3.05) is 19.7 Å². The van der Waals surface area contributed by atoms with Gasteiger partial charge in [-0.2, -0.15) is 0 Å². The lowest BCUT2D eigenvalue weighted by Crippen LogP contribution is -2.47. The third-order valence-electron chi connectivity index (χ3n) is 2.25. The molecule has 0 bridgehead atoms. The number of hydrogen-bond donors (Lipinski definition) is 0. The molecule has 0 saturated carbocycles. The zero-order valence-corrected chi connectivity index (χ0v) is 8.88. The van der Waals surface area contributed by atoms with Gasteiger partial charge in [0.2, 0.25) is 5.91 Å². The highest BCUT2D eigenvalue weighted by molar-refractivity contribution is 6.30. The van der Waals surface area contributed by atoms with Crippen molar-refractivity contribution in [2.45, 2.75) is 31.7 Å². The molecule has 4 heteroatoms. The molecule has 0 aromatic rings. The maximum atomic E-state index is 11.5. The van der Waals surface area contributed by atoms with E-state index in [0.29, 0.717) is 19.7 Å². The fourth-order valence-corrected chi connectivity index (χ4v) is 1.56. The minimum Gasteiger partial charge on any atom is -0.375 e. The maximum absolute atomic E-state index is 11.5. The first-order chi connectivity index (χ1) is 6.15. The molecule has 0 N–H and O–H groups in total. The van der Waals surface area contributed by atoms with Gasteiger partial charge in [0.05, 0.1) is 12.7 Å².